The molecule has 4 aliphatic rings. The third-order valence-corrected chi connectivity index (χ3v) is 14.0. The quantitative estimate of drug-likeness (QED) is 0.168. The van der Waals surface area contributed by atoms with Crippen LogP contribution in [0.3, 0.4) is 0 Å². The Hall–Kier alpha value is -3.56. The summed E-state index contributed by atoms with van der Waals surface area (Å²) in [5, 5.41) is 129. The Kier molecular flexibility index (Phi) is 25.9. The molecule has 0 aromatic rings. The van der Waals surface area contributed by atoms with Crippen molar-refractivity contribution in [1.29, 1.82) is 0 Å². The lowest BCUT2D eigenvalue weighted by Crippen LogP contribution is -2.61. The molecule has 3 saturated heterocycles. The number of esters is 1. The average Bonchev–Trinajstić information content (AvgIpc) is 3.31. The first kappa shape index (κ1) is 63.0. The molecule has 0 aromatic carbocycles. The Labute approximate surface area is 433 Å². The highest BCUT2D eigenvalue weighted by Gasteiger charge is 2.51. The van der Waals surface area contributed by atoms with Gasteiger partial charge in [0.25, 0.3) is 0 Å². The predicted molar refractivity (Wildman–Crippen MR) is 267 cm³/mol. The van der Waals surface area contributed by atoms with E-state index in [1.165, 1.54) is 13.0 Å². The average molecular weight is 1050 g/mol. The Morgan fingerprint density at radius 2 is 1.19 bits per heavy atom. The van der Waals surface area contributed by atoms with Gasteiger partial charge in [-0.3, -0.25) is 9.59 Å². The first-order chi connectivity index (χ1) is 34.9. The van der Waals surface area contributed by atoms with Gasteiger partial charge in [-0.15, -0.1) is 0 Å². The summed E-state index contributed by atoms with van der Waals surface area (Å²) in [6.07, 6.45) is -0.424. The number of carboxylic acid groups (broad SMARTS) is 1. The highest BCUT2D eigenvalue weighted by molar-refractivity contribution is 5.71. The first-order valence-corrected chi connectivity index (χ1v) is 25.6. The number of ether oxygens (including phenoxy) is 6. The van der Waals surface area contributed by atoms with E-state index in [0.717, 1.165) is 0 Å². The molecule has 3 fully saturated rings. The van der Waals surface area contributed by atoms with E-state index in [0.29, 0.717) is 0 Å². The van der Waals surface area contributed by atoms with Crippen LogP contribution in [0.2, 0.25) is 0 Å². The molecule has 74 heavy (non-hydrogen) atoms. The molecule has 0 aromatic heterocycles. The van der Waals surface area contributed by atoms with E-state index in [9.17, 15) is 70.9 Å². The molecular weight excluding hydrogens is 971 g/mol. The van der Waals surface area contributed by atoms with Gasteiger partial charge in [0.1, 0.15) is 24.2 Å². The van der Waals surface area contributed by atoms with Gasteiger partial charge in [0.2, 0.25) is 0 Å². The van der Waals surface area contributed by atoms with Gasteiger partial charge in [0.05, 0.1) is 91.8 Å². The fourth-order valence-electron chi connectivity index (χ4n) is 9.49. The summed E-state index contributed by atoms with van der Waals surface area (Å²) in [6.45, 7) is 8.56. The predicted octanol–water partition coefficient (Wildman–Crippen LogP) is 0.593. The van der Waals surface area contributed by atoms with Crippen molar-refractivity contribution in [2.75, 3.05) is 0 Å². The number of cyclic esters (lactones) is 1. The minimum atomic E-state index is -2.35. The Balaban J connectivity index is 1.57. The molecular formula is C53H83NO20. The number of aliphatic hydroxyl groups is 11. The maximum absolute atomic E-state index is 13.1. The molecule has 2 bridgehead atoms. The lowest BCUT2D eigenvalue weighted by Gasteiger charge is -2.45. The van der Waals surface area contributed by atoms with Crippen LogP contribution in [0, 0.1) is 17.8 Å². The number of carboxylic acids is 1. The number of aliphatic carboxylic acids is 1. The van der Waals surface area contributed by atoms with Crippen molar-refractivity contribution in [3.8, 4) is 0 Å². The SMILES string of the molecule is CC1OC(O[C@H]2[C@@H](C)[C@H](C)OC(=O)C[C@H](O)C[C@H](O)CC[C@@H](O)[C@H](O)C[C@H](O)C[C@]3(O)C[C@H](O)[C@@H](C(=O)O)[C@H](C[C@@H](O[C@@H]4O[C@H](C)[C@@H](O)[C@H](N)[C@@H]4O)/C=C/C=C/C=C/C=C/C=C/C=C/C=C/[C@@H]2C)O3)CC(O)C1O. The second-order valence-corrected chi connectivity index (χ2v) is 20.2. The molecule has 420 valence electrons. The summed E-state index contributed by atoms with van der Waals surface area (Å²) in [6, 6.07) is -1.16. The molecule has 4 unspecified atom stereocenters. The fraction of sp³-hybridized carbons (Fsp3) is 0.698. The second-order valence-electron chi connectivity index (χ2n) is 20.2. The Bertz CT molecular complexity index is 1920. The van der Waals surface area contributed by atoms with Gasteiger partial charge in [-0.1, -0.05) is 98.9 Å². The summed E-state index contributed by atoms with van der Waals surface area (Å²) in [4.78, 5) is 25.6. The van der Waals surface area contributed by atoms with Crippen molar-refractivity contribution in [2.24, 2.45) is 23.5 Å². The van der Waals surface area contributed by atoms with E-state index >= 15 is 0 Å². The van der Waals surface area contributed by atoms with Crippen molar-refractivity contribution in [2.45, 2.75) is 214 Å². The van der Waals surface area contributed by atoms with Crippen molar-refractivity contribution in [1.82, 2.24) is 0 Å². The van der Waals surface area contributed by atoms with E-state index in [1.807, 2.05) is 44.2 Å². The molecule has 0 aliphatic carbocycles. The number of aliphatic hydroxyl groups excluding tert-OH is 10. The van der Waals surface area contributed by atoms with Crippen molar-refractivity contribution in [3.05, 3.63) is 85.1 Å². The first-order valence-electron chi connectivity index (χ1n) is 25.6. The number of hydrogen-bond acceptors (Lipinski definition) is 20. The van der Waals surface area contributed by atoms with Gasteiger partial charge >= 0.3 is 11.9 Å². The smallest absolute Gasteiger partial charge is 0.311 e. The Morgan fingerprint density at radius 3 is 1.78 bits per heavy atom. The number of carbonyl (C=O) groups excluding carboxylic acids is 1. The number of rotatable bonds is 5. The highest BCUT2D eigenvalue weighted by Crippen LogP contribution is 2.38. The molecule has 4 aliphatic heterocycles. The Morgan fingerprint density at radius 1 is 0.608 bits per heavy atom. The maximum atomic E-state index is 13.1. The minimum absolute atomic E-state index is 0.0124. The van der Waals surface area contributed by atoms with Gasteiger partial charge in [0.15, 0.2) is 18.4 Å². The van der Waals surface area contributed by atoms with Crippen LogP contribution in [0.1, 0.15) is 92.4 Å². The number of fused-ring (bicyclic) bond motifs is 2. The van der Waals surface area contributed by atoms with Gasteiger partial charge in [-0.2, -0.15) is 0 Å². The second kappa shape index (κ2) is 30.4. The van der Waals surface area contributed by atoms with E-state index in [2.05, 4.69) is 0 Å². The van der Waals surface area contributed by atoms with E-state index in [4.69, 9.17) is 34.2 Å². The molecule has 21 nitrogen and oxygen atoms in total. The number of carbonyl (C=O) groups is 2. The molecule has 0 spiro atoms. The lowest BCUT2D eigenvalue weighted by atomic mass is 9.82. The highest BCUT2D eigenvalue weighted by atomic mass is 16.7. The largest absolute Gasteiger partial charge is 0.481 e. The molecule has 4 rings (SSSR count). The van der Waals surface area contributed by atoms with Gasteiger partial charge < -0.3 is 95.4 Å². The van der Waals surface area contributed by atoms with Crippen LogP contribution in [-0.2, 0) is 38.0 Å². The standard InChI is InChI=1S/C53H83NO20/c1-29-18-16-14-12-10-8-6-7-9-11-13-15-17-19-37(72-52-49(65)46(54)48(64)33(5)71-52)25-42-45(51(66)67)41(61)28-53(68,74-42)27-36(57)23-39(59)38(58)21-20-34(55)22-35(56)24-43(62)69-31(3)30(2)50(29)73-44-26-40(60)47(63)32(4)70-44/h6-19,29-42,44-50,52,55-61,63-65,68H,20-28,54H2,1-5H3,(H,66,67)/b7-6+,10-8+,11-9+,14-12+,15-13+,18-16+,19-17+/t29-,30-,31-,32?,33+,34+,35+,36-,37-,38+,39+,40?,41-,42-,44?,45+,46-,47?,48+,49-,50+,52-,53+/m0/s1. The molecule has 21 heteroatoms. The van der Waals surface area contributed by atoms with Crippen LogP contribution in [0.4, 0.5) is 0 Å². The van der Waals surface area contributed by atoms with Crippen molar-refractivity contribution >= 4 is 11.9 Å². The van der Waals surface area contributed by atoms with Gasteiger partial charge in [0, 0.05) is 43.9 Å². The van der Waals surface area contributed by atoms with E-state index in [1.54, 1.807) is 62.5 Å². The zero-order chi connectivity index (χ0) is 54.9. The minimum Gasteiger partial charge on any atom is -0.481 e. The molecule has 0 saturated carbocycles. The van der Waals surface area contributed by atoms with Crippen LogP contribution in [0.5, 0.6) is 0 Å². The third-order valence-electron chi connectivity index (χ3n) is 14.0. The van der Waals surface area contributed by atoms with Crippen LogP contribution in [0.25, 0.3) is 0 Å². The zero-order valence-corrected chi connectivity index (χ0v) is 42.9. The number of hydrogen-bond donors (Lipinski definition) is 13. The fourth-order valence-corrected chi connectivity index (χ4v) is 9.49. The number of allylic oxidation sites excluding steroid dienone is 12. The summed E-state index contributed by atoms with van der Waals surface area (Å²) < 4.78 is 35.7. The van der Waals surface area contributed by atoms with Gasteiger partial charge in [-0.05, 0) is 40.0 Å². The van der Waals surface area contributed by atoms with Crippen LogP contribution >= 0.6 is 0 Å². The van der Waals surface area contributed by atoms with Crippen LogP contribution < -0.4 is 5.73 Å². The van der Waals surface area contributed by atoms with E-state index < -0.39 is 172 Å². The molecule has 0 amide bonds. The molecule has 4 heterocycles. The van der Waals surface area contributed by atoms with Crippen LogP contribution in [0.15, 0.2) is 85.1 Å². The van der Waals surface area contributed by atoms with Crippen molar-refractivity contribution in [3.63, 3.8) is 0 Å². The molecule has 0 radical (unpaired) electrons. The summed E-state index contributed by atoms with van der Waals surface area (Å²) >= 11 is 0. The van der Waals surface area contributed by atoms with Gasteiger partial charge in [-0.25, -0.2) is 0 Å². The molecule has 14 N–H and O–H groups in total. The van der Waals surface area contributed by atoms with E-state index in [-0.39, 0.29) is 38.0 Å². The monoisotopic (exact) mass is 1050 g/mol. The normalized spacial score (nSPS) is 46.7. The van der Waals surface area contributed by atoms with Crippen LogP contribution in [-0.4, -0.2) is 195 Å². The third kappa shape index (κ3) is 19.8. The van der Waals surface area contributed by atoms with Crippen molar-refractivity contribution < 1.29 is 99.3 Å². The lowest BCUT2D eigenvalue weighted by molar-refractivity contribution is -0.308. The maximum Gasteiger partial charge on any atom is 0.311 e. The number of nitrogens with two attached hydrogens (primary N) is 1. The summed E-state index contributed by atoms with van der Waals surface area (Å²) in [5.41, 5.74) is 6.04. The summed E-state index contributed by atoms with van der Waals surface area (Å²) in [5.74, 6) is -6.89. The topological polar surface area (TPSA) is 358 Å². The molecule has 23 atom stereocenters. The zero-order valence-electron chi connectivity index (χ0n) is 42.9. The summed E-state index contributed by atoms with van der Waals surface area (Å²) in [7, 11) is 0.